The number of carbonyl (C=O) groups excluding carboxylic acids is 3. The Balaban J connectivity index is 3.95. The fourth-order valence-corrected chi connectivity index (χ4v) is 1.18. The third kappa shape index (κ3) is 7.61. The third-order valence-corrected chi connectivity index (χ3v) is 2.04. The zero-order valence-electron chi connectivity index (χ0n) is 10.2. The van der Waals surface area contributed by atoms with Crippen molar-refractivity contribution >= 4 is 18.9 Å². The molecule has 1 radical (unpaired) electrons. The second kappa shape index (κ2) is 10.5. The van der Waals surface area contributed by atoms with Crippen LogP contribution in [0.4, 0.5) is 0 Å². The lowest BCUT2D eigenvalue weighted by molar-refractivity contribution is -0.191. The summed E-state index contributed by atoms with van der Waals surface area (Å²) in [7, 11) is 0. The van der Waals surface area contributed by atoms with E-state index in [-0.39, 0.29) is 32.4 Å². The molecule has 103 valence electrons. The van der Waals surface area contributed by atoms with E-state index in [1.165, 1.54) is 0 Å². The van der Waals surface area contributed by atoms with E-state index in [9.17, 15) is 19.5 Å². The molecule has 7 nitrogen and oxygen atoms in total. The lowest BCUT2D eigenvalue weighted by atomic mass is 10.2. The van der Waals surface area contributed by atoms with E-state index in [0.717, 1.165) is 0 Å². The van der Waals surface area contributed by atoms with Gasteiger partial charge in [0.1, 0.15) is 0 Å². The zero-order valence-corrected chi connectivity index (χ0v) is 10.2. The molecule has 0 heterocycles. The second-order valence-electron chi connectivity index (χ2n) is 3.49. The standard InChI is InChI=1S/C11H17O7/c1-2-4-10(17-8-13)18-11(15)9(14)5-3-6-16-7-12/h7-10H,2-6H2,1H3. The summed E-state index contributed by atoms with van der Waals surface area (Å²) >= 11 is 0. The zero-order chi connectivity index (χ0) is 13.8. The fourth-order valence-electron chi connectivity index (χ4n) is 1.18. The molecular weight excluding hydrogens is 244 g/mol. The molecule has 0 aliphatic carbocycles. The smallest absolute Gasteiger partial charge is 0.341 e. The first-order valence-corrected chi connectivity index (χ1v) is 5.66. The molecule has 0 bridgehead atoms. The summed E-state index contributed by atoms with van der Waals surface area (Å²) in [4.78, 5) is 31.3. The monoisotopic (exact) mass is 261 g/mol. The van der Waals surface area contributed by atoms with Crippen molar-refractivity contribution in [2.45, 2.75) is 45.0 Å². The lowest BCUT2D eigenvalue weighted by Crippen LogP contribution is -2.29. The van der Waals surface area contributed by atoms with Crippen LogP contribution < -0.4 is 0 Å². The summed E-state index contributed by atoms with van der Waals surface area (Å²) < 4.78 is 13.6. The largest absolute Gasteiger partial charge is 0.468 e. The van der Waals surface area contributed by atoms with Gasteiger partial charge in [-0.05, 0) is 19.3 Å². The van der Waals surface area contributed by atoms with Crippen molar-refractivity contribution in [1.29, 1.82) is 0 Å². The van der Waals surface area contributed by atoms with E-state index in [1.54, 1.807) is 0 Å². The Morgan fingerprint density at radius 1 is 1.22 bits per heavy atom. The molecule has 0 saturated heterocycles. The van der Waals surface area contributed by atoms with Crippen LogP contribution in [0.25, 0.3) is 0 Å². The second-order valence-corrected chi connectivity index (χ2v) is 3.49. The molecule has 0 saturated carbocycles. The lowest BCUT2D eigenvalue weighted by Gasteiger charge is -2.16. The van der Waals surface area contributed by atoms with Crippen LogP contribution in [0.2, 0.25) is 0 Å². The third-order valence-electron chi connectivity index (χ3n) is 2.04. The van der Waals surface area contributed by atoms with Crippen LogP contribution in [0.15, 0.2) is 0 Å². The number of esters is 1. The molecular formula is C11H17O7. The van der Waals surface area contributed by atoms with E-state index in [0.29, 0.717) is 12.8 Å². The van der Waals surface area contributed by atoms with Crippen molar-refractivity contribution in [2.75, 3.05) is 6.61 Å². The van der Waals surface area contributed by atoms with E-state index in [1.807, 2.05) is 6.92 Å². The predicted molar refractivity (Wildman–Crippen MR) is 57.7 cm³/mol. The average Bonchev–Trinajstić information content (AvgIpc) is 2.35. The molecule has 0 aromatic heterocycles. The van der Waals surface area contributed by atoms with Crippen LogP contribution in [0, 0.1) is 0 Å². The van der Waals surface area contributed by atoms with Gasteiger partial charge in [-0.3, -0.25) is 9.59 Å². The van der Waals surface area contributed by atoms with Crippen LogP contribution in [0.1, 0.15) is 32.6 Å². The first kappa shape index (κ1) is 16.4. The van der Waals surface area contributed by atoms with E-state index >= 15 is 0 Å². The van der Waals surface area contributed by atoms with Gasteiger partial charge in [0.2, 0.25) is 6.29 Å². The summed E-state index contributed by atoms with van der Waals surface area (Å²) in [5.41, 5.74) is 0. The fraction of sp³-hybridized carbons (Fsp3) is 0.727. The minimum atomic E-state index is -1.57. The van der Waals surface area contributed by atoms with E-state index < -0.39 is 18.4 Å². The Labute approximate surface area is 105 Å². The molecule has 0 rings (SSSR count). The quantitative estimate of drug-likeness (QED) is 0.233. The Kier molecular flexibility index (Phi) is 9.57. The number of hydrogen-bond acceptors (Lipinski definition) is 6. The molecule has 0 N–H and O–H groups in total. The van der Waals surface area contributed by atoms with Gasteiger partial charge >= 0.3 is 5.97 Å². The first-order chi connectivity index (χ1) is 8.65. The molecule has 2 atom stereocenters. The summed E-state index contributed by atoms with van der Waals surface area (Å²) in [5.74, 6) is -0.971. The van der Waals surface area contributed by atoms with Crippen molar-refractivity contribution in [3.05, 3.63) is 0 Å². The first-order valence-electron chi connectivity index (χ1n) is 5.66. The predicted octanol–water partition coefficient (Wildman–Crippen LogP) is 0.581. The Bertz CT molecular complexity index is 254. The van der Waals surface area contributed by atoms with Crippen LogP contribution >= 0.6 is 0 Å². The highest BCUT2D eigenvalue weighted by Gasteiger charge is 2.22. The van der Waals surface area contributed by atoms with Gasteiger partial charge in [0.15, 0.2) is 6.10 Å². The molecule has 0 aliphatic rings. The minimum Gasteiger partial charge on any atom is -0.468 e. The molecule has 18 heavy (non-hydrogen) atoms. The molecule has 0 aromatic rings. The summed E-state index contributed by atoms with van der Waals surface area (Å²) in [6.45, 7) is 2.35. The van der Waals surface area contributed by atoms with Gasteiger partial charge in [-0.15, -0.1) is 0 Å². The Morgan fingerprint density at radius 3 is 2.50 bits per heavy atom. The summed E-state index contributed by atoms with van der Waals surface area (Å²) in [6, 6.07) is 0. The highest BCUT2D eigenvalue weighted by atomic mass is 16.7. The minimum absolute atomic E-state index is 0.00733. The topological polar surface area (TPSA) is 98.8 Å². The molecule has 0 aromatic carbocycles. The molecule has 0 spiro atoms. The van der Waals surface area contributed by atoms with Gasteiger partial charge in [-0.25, -0.2) is 9.90 Å². The maximum absolute atomic E-state index is 11.4. The van der Waals surface area contributed by atoms with Gasteiger partial charge in [-0.2, -0.15) is 0 Å². The highest BCUT2D eigenvalue weighted by Crippen LogP contribution is 2.07. The summed E-state index contributed by atoms with van der Waals surface area (Å²) in [6.07, 6.45) is -1.34. The van der Waals surface area contributed by atoms with Crippen LogP contribution in [0.5, 0.6) is 0 Å². The number of hydrogen-bond donors (Lipinski definition) is 0. The normalized spacial score (nSPS) is 13.2. The number of ether oxygens (including phenoxy) is 3. The van der Waals surface area contributed by atoms with Gasteiger partial charge in [-0.1, -0.05) is 6.92 Å². The molecule has 2 unspecified atom stereocenters. The van der Waals surface area contributed by atoms with Crippen LogP contribution in [-0.2, 0) is 33.7 Å². The SMILES string of the molecule is CCCC(OC=O)OC(=O)C([O])CCCOC=O. The van der Waals surface area contributed by atoms with Gasteiger partial charge in [0.05, 0.1) is 6.61 Å². The molecule has 0 amide bonds. The van der Waals surface area contributed by atoms with Crippen LogP contribution in [-0.4, -0.2) is 37.9 Å². The maximum Gasteiger partial charge on any atom is 0.341 e. The van der Waals surface area contributed by atoms with Gasteiger partial charge < -0.3 is 14.2 Å². The molecule has 0 fully saturated rings. The summed E-state index contributed by atoms with van der Waals surface area (Å²) in [5, 5.41) is 11.4. The molecule has 7 heteroatoms. The van der Waals surface area contributed by atoms with Gasteiger partial charge in [0, 0.05) is 6.42 Å². The van der Waals surface area contributed by atoms with Gasteiger partial charge in [0.25, 0.3) is 12.9 Å². The van der Waals surface area contributed by atoms with Crippen molar-refractivity contribution in [3.63, 3.8) is 0 Å². The van der Waals surface area contributed by atoms with Crippen molar-refractivity contribution in [3.8, 4) is 0 Å². The van der Waals surface area contributed by atoms with Crippen molar-refractivity contribution in [2.24, 2.45) is 0 Å². The maximum atomic E-state index is 11.4. The van der Waals surface area contributed by atoms with Crippen LogP contribution in [0.3, 0.4) is 0 Å². The number of carbonyl (C=O) groups is 3. The average molecular weight is 261 g/mol. The Hall–Kier alpha value is -1.63. The number of rotatable bonds is 11. The van der Waals surface area contributed by atoms with E-state index in [4.69, 9.17) is 4.74 Å². The van der Waals surface area contributed by atoms with Crippen molar-refractivity contribution < 1.29 is 33.7 Å². The Morgan fingerprint density at radius 2 is 1.94 bits per heavy atom. The highest BCUT2D eigenvalue weighted by molar-refractivity contribution is 5.74. The molecule has 0 aliphatic heterocycles. The van der Waals surface area contributed by atoms with Crippen molar-refractivity contribution in [1.82, 2.24) is 0 Å². The van der Waals surface area contributed by atoms with E-state index in [2.05, 4.69) is 9.47 Å².